The minimum atomic E-state index is -0.0445. The Morgan fingerprint density at radius 2 is 2.20 bits per heavy atom. The fraction of sp³-hybridized carbons (Fsp3) is 0.588. The summed E-state index contributed by atoms with van der Waals surface area (Å²) in [6.07, 6.45) is 6.37. The number of amides is 1. The topological polar surface area (TPSA) is 49.3 Å². The molecule has 1 aromatic carbocycles. The molecule has 1 saturated carbocycles. The molecular formula is C17H25NO2. The van der Waals surface area contributed by atoms with E-state index in [4.69, 9.17) is 0 Å². The van der Waals surface area contributed by atoms with Gasteiger partial charge < -0.3 is 10.4 Å². The summed E-state index contributed by atoms with van der Waals surface area (Å²) < 4.78 is 0. The van der Waals surface area contributed by atoms with Crippen LogP contribution in [0.5, 0.6) is 5.75 Å². The number of benzene rings is 1. The van der Waals surface area contributed by atoms with Crippen LogP contribution in [0.4, 0.5) is 0 Å². The van der Waals surface area contributed by atoms with Crippen LogP contribution in [0.15, 0.2) is 18.2 Å². The average molecular weight is 275 g/mol. The van der Waals surface area contributed by atoms with Crippen LogP contribution in [0.2, 0.25) is 0 Å². The van der Waals surface area contributed by atoms with E-state index < -0.39 is 0 Å². The summed E-state index contributed by atoms with van der Waals surface area (Å²) in [4.78, 5) is 12.0. The maximum atomic E-state index is 12.0. The highest BCUT2D eigenvalue weighted by molar-refractivity contribution is 5.94. The molecule has 0 saturated heterocycles. The highest BCUT2D eigenvalue weighted by Crippen LogP contribution is 2.30. The third kappa shape index (κ3) is 3.99. The van der Waals surface area contributed by atoms with Crippen LogP contribution in [-0.2, 0) is 0 Å². The number of hydrogen-bond donors (Lipinski definition) is 2. The summed E-state index contributed by atoms with van der Waals surface area (Å²) in [5.41, 5.74) is 1.36. The van der Waals surface area contributed by atoms with Crippen molar-refractivity contribution in [3.63, 3.8) is 0 Å². The Hall–Kier alpha value is -1.51. The highest BCUT2D eigenvalue weighted by Gasteiger charge is 2.18. The Labute approximate surface area is 121 Å². The molecule has 2 rings (SSSR count). The molecule has 20 heavy (non-hydrogen) atoms. The second-order valence-electron chi connectivity index (χ2n) is 6.18. The molecule has 1 amide bonds. The molecule has 2 N–H and O–H groups in total. The zero-order chi connectivity index (χ0) is 14.5. The average Bonchev–Trinajstić information content (AvgIpc) is 2.42. The molecule has 2 unspecified atom stereocenters. The van der Waals surface area contributed by atoms with Gasteiger partial charge in [0.1, 0.15) is 5.75 Å². The minimum Gasteiger partial charge on any atom is -0.508 e. The number of nitrogens with one attached hydrogen (secondary N) is 1. The van der Waals surface area contributed by atoms with E-state index in [2.05, 4.69) is 12.2 Å². The van der Waals surface area contributed by atoms with E-state index in [1.165, 1.54) is 25.7 Å². The molecule has 1 aliphatic rings. The third-order valence-corrected chi connectivity index (χ3v) is 4.34. The number of hydrogen-bond acceptors (Lipinski definition) is 2. The summed E-state index contributed by atoms with van der Waals surface area (Å²) in [5.74, 6) is 1.79. The SMILES string of the molecule is Cc1cc(C(=O)NCCC2CCCC(C)C2)ccc1O. The molecule has 3 heteroatoms. The number of aryl methyl sites for hydroxylation is 1. The maximum absolute atomic E-state index is 12.0. The van der Waals surface area contributed by atoms with Crippen molar-refractivity contribution in [3.05, 3.63) is 29.3 Å². The van der Waals surface area contributed by atoms with E-state index in [0.717, 1.165) is 30.4 Å². The third-order valence-electron chi connectivity index (χ3n) is 4.34. The second kappa shape index (κ2) is 6.78. The molecule has 2 atom stereocenters. The molecule has 1 aromatic rings. The first-order chi connectivity index (χ1) is 9.56. The van der Waals surface area contributed by atoms with Crippen LogP contribution in [0.3, 0.4) is 0 Å². The van der Waals surface area contributed by atoms with Crippen molar-refractivity contribution >= 4 is 5.91 Å². The van der Waals surface area contributed by atoms with Crippen molar-refractivity contribution in [2.45, 2.75) is 46.0 Å². The zero-order valence-electron chi connectivity index (χ0n) is 12.5. The highest BCUT2D eigenvalue weighted by atomic mass is 16.3. The fourth-order valence-corrected chi connectivity index (χ4v) is 3.11. The molecule has 0 aliphatic heterocycles. The lowest BCUT2D eigenvalue weighted by atomic mass is 9.81. The quantitative estimate of drug-likeness (QED) is 0.881. The van der Waals surface area contributed by atoms with Gasteiger partial charge in [-0.05, 0) is 55.4 Å². The van der Waals surface area contributed by atoms with Crippen molar-refractivity contribution in [2.75, 3.05) is 6.54 Å². The van der Waals surface area contributed by atoms with Crippen molar-refractivity contribution in [1.29, 1.82) is 0 Å². The van der Waals surface area contributed by atoms with Crippen LogP contribution in [0, 0.1) is 18.8 Å². The Morgan fingerprint density at radius 3 is 2.90 bits per heavy atom. The minimum absolute atomic E-state index is 0.0445. The van der Waals surface area contributed by atoms with Crippen molar-refractivity contribution in [2.24, 2.45) is 11.8 Å². The van der Waals surface area contributed by atoms with Gasteiger partial charge in [0.25, 0.3) is 5.91 Å². The maximum Gasteiger partial charge on any atom is 0.251 e. The molecule has 3 nitrogen and oxygen atoms in total. The van der Waals surface area contributed by atoms with Gasteiger partial charge >= 0.3 is 0 Å². The predicted octanol–water partition coefficient (Wildman–Crippen LogP) is 3.65. The standard InChI is InChI=1S/C17H25NO2/c1-12-4-3-5-14(10-12)8-9-18-17(20)15-6-7-16(19)13(2)11-15/h6-7,11-12,14,19H,3-5,8-10H2,1-2H3,(H,18,20). The van der Waals surface area contributed by atoms with E-state index in [9.17, 15) is 9.90 Å². The molecule has 0 heterocycles. The van der Waals surface area contributed by atoms with Gasteiger partial charge in [-0.15, -0.1) is 0 Å². The van der Waals surface area contributed by atoms with E-state index >= 15 is 0 Å². The van der Waals surface area contributed by atoms with E-state index in [1.54, 1.807) is 25.1 Å². The van der Waals surface area contributed by atoms with Gasteiger partial charge in [-0.3, -0.25) is 4.79 Å². The fourth-order valence-electron chi connectivity index (χ4n) is 3.11. The molecule has 1 fully saturated rings. The first kappa shape index (κ1) is 14.9. The Balaban J connectivity index is 1.78. The van der Waals surface area contributed by atoms with E-state index in [1.807, 2.05) is 0 Å². The predicted molar refractivity (Wildman–Crippen MR) is 80.9 cm³/mol. The number of phenols is 1. The van der Waals surface area contributed by atoms with Gasteiger partial charge in [0.2, 0.25) is 0 Å². The van der Waals surface area contributed by atoms with Crippen LogP contribution in [-0.4, -0.2) is 17.6 Å². The lowest BCUT2D eigenvalue weighted by molar-refractivity contribution is 0.0949. The second-order valence-corrected chi connectivity index (χ2v) is 6.18. The normalized spacial score (nSPS) is 22.5. The van der Waals surface area contributed by atoms with Crippen molar-refractivity contribution in [1.82, 2.24) is 5.32 Å². The van der Waals surface area contributed by atoms with Crippen LogP contribution >= 0.6 is 0 Å². The van der Waals surface area contributed by atoms with Gasteiger partial charge in [0.15, 0.2) is 0 Å². The molecular weight excluding hydrogens is 250 g/mol. The monoisotopic (exact) mass is 275 g/mol. The number of phenolic OH excluding ortho intramolecular Hbond substituents is 1. The van der Waals surface area contributed by atoms with Crippen LogP contribution < -0.4 is 5.32 Å². The smallest absolute Gasteiger partial charge is 0.251 e. The van der Waals surface area contributed by atoms with Crippen molar-refractivity contribution in [3.8, 4) is 5.75 Å². The lowest BCUT2D eigenvalue weighted by Gasteiger charge is -2.26. The molecule has 0 aromatic heterocycles. The molecule has 110 valence electrons. The van der Waals surface area contributed by atoms with Crippen LogP contribution in [0.1, 0.15) is 54.9 Å². The molecule has 0 spiro atoms. The van der Waals surface area contributed by atoms with Gasteiger partial charge in [0.05, 0.1) is 0 Å². The molecule has 0 radical (unpaired) electrons. The molecule has 1 aliphatic carbocycles. The van der Waals surface area contributed by atoms with Crippen LogP contribution in [0.25, 0.3) is 0 Å². The first-order valence-corrected chi connectivity index (χ1v) is 7.64. The number of carbonyl (C=O) groups is 1. The van der Waals surface area contributed by atoms with Gasteiger partial charge in [-0.25, -0.2) is 0 Å². The van der Waals surface area contributed by atoms with Gasteiger partial charge in [-0.2, -0.15) is 0 Å². The number of rotatable bonds is 4. The summed E-state index contributed by atoms with van der Waals surface area (Å²) in [5, 5.41) is 12.5. The number of aromatic hydroxyl groups is 1. The number of carbonyl (C=O) groups excluding carboxylic acids is 1. The molecule has 0 bridgehead atoms. The largest absolute Gasteiger partial charge is 0.508 e. The van der Waals surface area contributed by atoms with Gasteiger partial charge in [-0.1, -0.05) is 26.2 Å². The van der Waals surface area contributed by atoms with E-state index in [0.29, 0.717) is 5.56 Å². The Bertz CT molecular complexity index is 470. The summed E-state index contributed by atoms with van der Waals surface area (Å²) in [6, 6.07) is 4.97. The zero-order valence-corrected chi connectivity index (χ0v) is 12.5. The summed E-state index contributed by atoms with van der Waals surface area (Å²) >= 11 is 0. The first-order valence-electron chi connectivity index (χ1n) is 7.64. The van der Waals surface area contributed by atoms with Gasteiger partial charge in [0, 0.05) is 12.1 Å². The van der Waals surface area contributed by atoms with E-state index in [-0.39, 0.29) is 11.7 Å². The Kier molecular flexibility index (Phi) is 5.05. The summed E-state index contributed by atoms with van der Waals surface area (Å²) in [7, 11) is 0. The summed E-state index contributed by atoms with van der Waals surface area (Å²) in [6.45, 7) is 4.87. The lowest BCUT2D eigenvalue weighted by Crippen LogP contribution is -2.27. The Morgan fingerprint density at radius 1 is 1.40 bits per heavy atom. The van der Waals surface area contributed by atoms with Crippen molar-refractivity contribution < 1.29 is 9.90 Å².